The van der Waals surface area contributed by atoms with Crippen molar-refractivity contribution in [3.05, 3.63) is 29.8 Å². The number of rotatable bonds is 5. The van der Waals surface area contributed by atoms with Gasteiger partial charge in [-0.25, -0.2) is 0 Å². The molecule has 84 valence electrons. The van der Waals surface area contributed by atoms with Gasteiger partial charge >= 0.3 is 0 Å². The molecule has 0 aromatic heterocycles. The normalized spacial score (nSPS) is 14.7. The summed E-state index contributed by atoms with van der Waals surface area (Å²) < 4.78 is 0. The Hall–Kier alpha value is -1.02. The maximum atomic E-state index is 9.27. The first-order valence-corrected chi connectivity index (χ1v) is 5.51. The van der Waals surface area contributed by atoms with Gasteiger partial charge < -0.3 is 10.4 Å². The molecule has 0 radical (unpaired) electrons. The highest BCUT2D eigenvalue weighted by Crippen LogP contribution is 2.21. The molecule has 0 spiro atoms. The molecular formula is C13H21NO. The summed E-state index contributed by atoms with van der Waals surface area (Å²) in [6.45, 7) is 7.31. The van der Waals surface area contributed by atoms with Gasteiger partial charge in [0, 0.05) is 17.6 Å². The first-order valence-electron chi connectivity index (χ1n) is 5.51. The molecule has 1 rings (SSSR count). The van der Waals surface area contributed by atoms with E-state index in [1.807, 2.05) is 0 Å². The third-order valence-electron chi connectivity index (χ3n) is 3.01. The molecule has 2 N–H and O–H groups in total. The van der Waals surface area contributed by atoms with Gasteiger partial charge in [-0.2, -0.15) is 0 Å². The first-order chi connectivity index (χ1) is 7.09. The number of aliphatic hydroxyl groups excluding tert-OH is 1. The minimum atomic E-state index is -0.0229. The molecule has 2 heteroatoms. The summed E-state index contributed by atoms with van der Waals surface area (Å²) in [5.41, 5.74) is 2.36. The number of hydrogen-bond donors (Lipinski definition) is 2. The lowest BCUT2D eigenvalue weighted by Crippen LogP contribution is -2.29. The lowest BCUT2D eigenvalue weighted by atomic mass is 9.88. The third kappa shape index (κ3) is 3.56. The number of anilines is 1. The topological polar surface area (TPSA) is 32.3 Å². The Morgan fingerprint density at radius 1 is 1.27 bits per heavy atom. The van der Waals surface area contributed by atoms with Gasteiger partial charge in [-0.3, -0.25) is 0 Å². The van der Waals surface area contributed by atoms with E-state index in [1.54, 1.807) is 0 Å². The number of aryl methyl sites for hydroxylation is 1. The minimum absolute atomic E-state index is 0.0229. The van der Waals surface area contributed by atoms with Crippen molar-refractivity contribution < 1.29 is 5.11 Å². The summed E-state index contributed by atoms with van der Waals surface area (Å²) in [6, 6.07) is 8.32. The van der Waals surface area contributed by atoms with Gasteiger partial charge in [0.2, 0.25) is 0 Å². The fourth-order valence-electron chi connectivity index (χ4n) is 1.28. The van der Waals surface area contributed by atoms with Crippen molar-refractivity contribution >= 4 is 5.69 Å². The maximum Gasteiger partial charge on any atom is 0.0501 e. The van der Waals surface area contributed by atoms with Gasteiger partial charge in [0.25, 0.3) is 0 Å². The molecule has 0 amide bonds. The highest BCUT2D eigenvalue weighted by Gasteiger charge is 2.20. The van der Waals surface area contributed by atoms with E-state index in [4.69, 9.17) is 0 Å². The molecule has 0 aliphatic rings. The highest BCUT2D eigenvalue weighted by molar-refractivity contribution is 5.44. The van der Waals surface area contributed by atoms with Crippen molar-refractivity contribution in [3.8, 4) is 0 Å². The number of aliphatic hydroxyl groups is 1. The molecule has 1 aromatic carbocycles. The van der Waals surface area contributed by atoms with Crippen LogP contribution in [0.5, 0.6) is 0 Å². The minimum Gasteiger partial charge on any atom is -0.396 e. The number of benzene rings is 1. The van der Waals surface area contributed by atoms with Crippen LogP contribution in [0.3, 0.4) is 0 Å². The Morgan fingerprint density at radius 2 is 1.87 bits per heavy atom. The van der Waals surface area contributed by atoms with Crippen LogP contribution in [0.1, 0.15) is 25.8 Å². The average Bonchev–Trinajstić information content (AvgIpc) is 2.28. The molecule has 0 aliphatic heterocycles. The van der Waals surface area contributed by atoms with Crippen LogP contribution in [0, 0.1) is 12.3 Å². The third-order valence-corrected chi connectivity index (χ3v) is 3.01. The monoisotopic (exact) mass is 207 g/mol. The van der Waals surface area contributed by atoms with Crippen LogP contribution in [0.2, 0.25) is 0 Å². The van der Waals surface area contributed by atoms with E-state index >= 15 is 0 Å². The van der Waals surface area contributed by atoms with E-state index in [2.05, 4.69) is 50.4 Å². The predicted molar refractivity (Wildman–Crippen MR) is 65.2 cm³/mol. The van der Waals surface area contributed by atoms with E-state index in [1.165, 1.54) is 5.56 Å². The van der Waals surface area contributed by atoms with Crippen molar-refractivity contribution in [1.29, 1.82) is 0 Å². The van der Waals surface area contributed by atoms with Gasteiger partial charge in [0.1, 0.15) is 0 Å². The Morgan fingerprint density at radius 3 is 2.33 bits per heavy atom. The zero-order valence-electron chi connectivity index (χ0n) is 9.88. The second-order valence-electron chi connectivity index (χ2n) is 4.54. The quantitative estimate of drug-likeness (QED) is 0.778. The summed E-state index contributed by atoms with van der Waals surface area (Å²) in [5, 5.41) is 12.6. The molecule has 1 aromatic rings. The predicted octanol–water partition coefficient (Wildman–Crippen LogP) is 2.82. The smallest absolute Gasteiger partial charge is 0.0501 e. The Bertz CT molecular complexity index is 288. The largest absolute Gasteiger partial charge is 0.396 e. The van der Waals surface area contributed by atoms with E-state index in [0.717, 1.165) is 18.7 Å². The second kappa shape index (κ2) is 5.17. The van der Waals surface area contributed by atoms with E-state index in [-0.39, 0.29) is 12.0 Å². The van der Waals surface area contributed by atoms with Crippen LogP contribution in [0.25, 0.3) is 0 Å². The molecule has 2 nitrogen and oxygen atoms in total. The fraction of sp³-hybridized carbons (Fsp3) is 0.538. The van der Waals surface area contributed by atoms with E-state index < -0.39 is 0 Å². The van der Waals surface area contributed by atoms with Crippen molar-refractivity contribution in [1.82, 2.24) is 0 Å². The Balaban J connectivity index is 2.53. The van der Waals surface area contributed by atoms with Crippen LogP contribution in [0.4, 0.5) is 5.69 Å². The van der Waals surface area contributed by atoms with Crippen molar-refractivity contribution in [2.24, 2.45) is 5.41 Å². The average molecular weight is 207 g/mol. The molecule has 0 heterocycles. The summed E-state index contributed by atoms with van der Waals surface area (Å²) >= 11 is 0. The molecule has 1 unspecified atom stereocenters. The van der Waals surface area contributed by atoms with Crippen LogP contribution in [-0.4, -0.2) is 18.3 Å². The maximum absolute atomic E-state index is 9.27. The molecule has 0 saturated carbocycles. The summed E-state index contributed by atoms with van der Waals surface area (Å²) in [5.74, 6) is 0. The summed E-state index contributed by atoms with van der Waals surface area (Å²) in [4.78, 5) is 0. The number of nitrogens with one attached hydrogen (secondary N) is 1. The lowest BCUT2D eigenvalue weighted by molar-refractivity contribution is 0.149. The van der Waals surface area contributed by atoms with Crippen LogP contribution >= 0.6 is 0 Å². The zero-order valence-corrected chi connectivity index (χ0v) is 9.88. The van der Waals surface area contributed by atoms with Gasteiger partial charge in [-0.1, -0.05) is 31.5 Å². The molecule has 0 aliphatic carbocycles. The molecule has 0 bridgehead atoms. The van der Waals surface area contributed by atoms with Crippen LogP contribution in [0.15, 0.2) is 24.3 Å². The molecule has 0 fully saturated rings. The van der Waals surface area contributed by atoms with Gasteiger partial charge in [0.15, 0.2) is 0 Å². The van der Waals surface area contributed by atoms with Crippen molar-refractivity contribution in [2.45, 2.75) is 27.2 Å². The van der Waals surface area contributed by atoms with E-state index in [9.17, 15) is 5.11 Å². The first kappa shape index (κ1) is 12.1. The van der Waals surface area contributed by atoms with Crippen LogP contribution < -0.4 is 5.32 Å². The lowest BCUT2D eigenvalue weighted by Gasteiger charge is -2.26. The van der Waals surface area contributed by atoms with Crippen molar-refractivity contribution in [3.63, 3.8) is 0 Å². The van der Waals surface area contributed by atoms with Crippen molar-refractivity contribution in [2.75, 3.05) is 18.5 Å². The molecule has 15 heavy (non-hydrogen) atoms. The SMILES string of the molecule is CCC(C)(CO)CNc1ccc(C)cc1. The van der Waals surface area contributed by atoms with E-state index in [0.29, 0.717) is 0 Å². The Kier molecular flexibility index (Phi) is 4.15. The molecule has 0 saturated heterocycles. The van der Waals surface area contributed by atoms with Gasteiger partial charge in [-0.05, 0) is 25.5 Å². The van der Waals surface area contributed by atoms with Gasteiger partial charge in [0.05, 0.1) is 6.61 Å². The Labute approximate surface area is 92.3 Å². The fourth-order valence-corrected chi connectivity index (χ4v) is 1.28. The zero-order chi connectivity index (χ0) is 11.3. The molecular weight excluding hydrogens is 186 g/mol. The summed E-state index contributed by atoms with van der Waals surface area (Å²) in [6.07, 6.45) is 0.975. The highest BCUT2D eigenvalue weighted by atomic mass is 16.3. The molecule has 1 atom stereocenters. The van der Waals surface area contributed by atoms with Gasteiger partial charge in [-0.15, -0.1) is 0 Å². The second-order valence-corrected chi connectivity index (χ2v) is 4.54. The standard InChI is InChI=1S/C13H21NO/c1-4-13(3,10-15)9-14-12-7-5-11(2)6-8-12/h5-8,14-15H,4,9-10H2,1-3H3. The number of hydrogen-bond acceptors (Lipinski definition) is 2. The van der Waals surface area contributed by atoms with Crippen LogP contribution in [-0.2, 0) is 0 Å². The summed E-state index contributed by atoms with van der Waals surface area (Å²) in [7, 11) is 0.